The second kappa shape index (κ2) is 9.98. The summed E-state index contributed by atoms with van der Waals surface area (Å²) in [5.74, 6) is 0.836. The highest BCUT2D eigenvalue weighted by Gasteiger charge is 2.28. The number of halogens is 1. The van der Waals surface area contributed by atoms with Gasteiger partial charge in [-0.3, -0.25) is 4.79 Å². The molecule has 3 N–H and O–H groups in total. The first-order valence-corrected chi connectivity index (χ1v) is 11.3. The van der Waals surface area contributed by atoms with Crippen LogP contribution in [0.2, 0.25) is 0 Å². The highest BCUT2D eigenvalue weighted by Crippen LogP contribution is 2.19. The SMILES string of the molecule is CSCC[C@H](N)C(=O)N1CCC(NS(=O)(=O)c2cccs2)CC1.Cl. The molecular formula is C14H24ClN3O3S3. The van der Waals surface area contributed by atoms with Crippen LogP contribution in [0.15, 0.2) is 21.7 Å². The number of nitrogens with two attached hydrogens (primary N) is 1. The number of carbonyl (C=O) groups is 1. The zero-order valence-corrected chi connectivity index (χ0v) is 16.8. The number of nitrogens with zero attached hydrogens (tertiary/aromatic N) is 1. The van der Waals surface area contributed by atoms with Gasteiger partial charge < -0.3 is 10.6 Å². The summed E-state index contributed by atoms with van der Waals surface area (Å²) in [6.45, 7) is 1.09. The molecule has 0 spiro atoms. The van der Waals surface area contributed by atoms with Crippen molar-refractivity contribution in [3.8, 4) is 0 Å². The molecule has 1 saturated heterocycles. The van der Waals surface area contributed by atoms with Gasteiger partial charge in [0.1, 0.15) is 4.21 Å². The van der Waals surface area contributed by atoms with Gasteiger partial charge in [0.25, 0.3) is 0 Å². The Morgan fingerprint density at radius 3 is 2.71 bits per heavy atom. The molecule has 1 amide bonds. The molecule has 138 valence electrons. The number of rotatable bonds is 7. The Kier molecular flexibility index (Phi) is 9.03. The average molecular weight is 414 g/mol. The predicted octanol–water partition coefficient (Wildman–Crippen LogP) is 1.52. The van der Waals surface area contributed by atoms with Gasteiger partial charge in [0.15, 0.2) is 0 Å². The summed E-state index contributed by atoms with van der Waals surface area (Å²) in [5.41, 5.74) is 5.92. The maximum Gasteiger partial charge on any atom is 0.250 e. The van der Waals surface area contributed by atoms with Crippen LogP contribution in [0, 0.1) is 0 Å². The fraction of sp³-hybridized carbons (Fsp3) is 0.643. The van der Waals surface area contributed by atoms with Gasteiger partial charge >= 0.3 is 0 Å². The van der Waals surface area contributed by atoms with Gasteiger partial charge in [-0.15, -0.1) is 23.7 Å². The number of thiophene rings is 1. The van der Waals surface area contributed by atoms with Crippen LogP contribution >= 0.6 is 35.5 Å². The number of carbonyl (C=O) groups excluding carboxylic acids is 1. The molecule has 0 aromatic carbocycles. The molecule has 1 aliphatic rings. The zero-order valence-electron chi connectivity index (χ0n) is 13.5. The van der Waals surface area contributed by atoms with Crippen molar-refractivity contribution in [2.75, 3.05) is 25.1 Å². The van der Waals surface area contributed by atoms with Gasteiger partial charge in [-0.2, -0.15) is 11.8 Å². The van der Waals surface area contributed by atoms with Crippen LogP contribution in [-0.4, -0.2) is 56.4 Å². The Morgan fingerprint density at radius 2 is 2.17 bits per heavy atom. The summed E-state index contributed by atoms with van der Waals surface area (Å²) in [7, 11) is -3.45. The van der Waals surface area contributed by atoms with E-state index in [4.69, 9.17) is 5.73 Å². The van der Waals surface area contributed by atoms with Gasteiger partial charge in [-0.1, -0.05) is 6.07 Å². The molecule has 0 radical (unpaired) electrons. The lowest BCUT2D eigenvalue weighted by Crippen LogP contribution is -2.51. The van der Waals surface area contributed by atoms with E-state index in [9.17, 15) is 13.2 Å². The topological polar surface area (TPSA) is 92.5 Å². The monoisotopic (exact) mass is 413 g/mol. The maximum absolute atomic E-state index is 12.2. The van der Waals surface area contributed by atoms with Crippen LogP contribution in [0.1, 0.15) is 19.3 Å². The first-order valence-electron chi connectivity index (χ1n) is 7.53. The van der Waals surface area contributed by atoms with E-state index in [2.05, 4.69) is 4.72 Å². The first kappa shape index (κ1) is 21.7. The van der Waals surface area contributed by atoms with E-state index in [1.807, 2.05) is 6.26 Å². The van der Waals surface area contributed by atoms with E-state index in [-0.39, 0.29) is 24.4 Å². The second-order valence-electron chi connectivity index (χ2n) is 5.54. The number of likely N-dealkylation sites (tertiary alicyclic amines) is 1. The third kappa shape index (κ3) is 5.89. The van der Waals surface area contributed by atoms with E-state index in [0.717, 1.165) is 5.75 Å². The van der Waals surface area contributed by atoms with Crippen LogP contribution in [0.25, 0.3) is 0 Å². The Hall–Kier alpha value is -0.320. The summed E-state index contributed by atoms with van der Waals surface area (Å²) in [6, 6.07) is 2.72. The molecular weight excluding hydrogens is 390 g/mol. The maximum atomic E-state index is 12.2. The van der Waals surface area contributed by atoms with Crippen molar-refractivity contribution in [2.24, 2.45) is 5.73 Å². The van der Waals surface area contributed by atoms with E-state index in [1.165, 1.54) is 11.3 Å². The highest BCUT2D eigenvalue weighted by atomic mass is 35.5. The number of thioether (sulfide) groups is 1. The number of nitrogens with one attached hydrogen (secondary N) is 1. The number of hydrogen-bond acceptors (Lipinski definition) is 6. The van der Waals surface area contributed by atoms with Crippen molar-refractivity contribution in [1.82, 2.24) is 9.62 Å². The minimum atomic E-state index is -3.45. The van der Waals surface area contributed by atoms with Gasteiger partial charge in [0, 0.05) is 19.1 Å². The van der Waals surface area contributed by atoms with Crippen molar-refractivity contribution in [1.29, 1.82) is 0 Å². The van der Waals surface area contributed by atoms with Crippen LogP contribution in [0.4, 0.5) is 0 Å². The van der Waals surface area contributed by atoms with Crippen molar-refractivity contribution < 1.29 is 13.2 Å². The summed E-state index contributed by atoms with van der Waals surface area (Å²) in [4.78, 5) is 14.0. The molecule has 1 fully saturated rings. The minimum Gasteiger partial charge on any atom is -0.341 e. The van der Waals surface area contributed by atoms with Gasteiger partial charge in [0.2, 0.25) is 15.9 Å². The summed E-state index contributed by atoms with van der Waals surface area (Å²) >= 11 is 2.87. The van der Waals surface area contributed by atoms with Gasteiger partial charge in [0.05, 0.1) is 6.04 Å². The molecule has 0 unspecified atom stereocenters. The van der Waals surface area contributed by atoms with Crippen molar-refractivity contribution in [3.05, 3.63) is 17.5 Å². The van der Waals surface area contributed by atoms with E-state index < -0.39 is 16.1 Å². The number of hydrogen-bond donors (Lipinski definition) is 2. The van der Waals surface area contributed by atoms with Gasteiger partial charge in [-0.05, 0) is 42.7 Å². The average Bonchev–Trinajstić information content (AvgIpc) is 3.07. The lowest BCUT2D eigenvalue weighted by atomic mass is 10.0. The fourth-order valence-corrected chi connectivity index (χ4v) is 5.32. The lowest BCUT2D eigenvalue weighted by molar-refractivity contribution is -0.133. The minimum absolute atomic E-state index is 0. The first-order chi connectivity index (χ1) is 10.9. The van der Waals surface area contributed by atoms with E-state index in [0.29, 0.717) is 36.6 Å². The van der Waals surface area contributed by atoms with Crippen LogP contribution in [-0.2, 0) is 14.8 Å². The third-order valence-electron chi connectivity index (χ3n) is 3.84. The Balaban J connectivity index is 0.00000288. The zero-order chi connectivity index (χ0) is 16.9. The Labute approximate surface area is 158 Å². The fourth-order valence-electron chi connectivity index (χ4n) is 2.51. The number of piperidine rings is 1. The molecule has 0 aliphatic carbocycles. The predicted molar refractivity (Wildman–Crippen MR) is 102 cm³/mol. The van der Waals surface area contributed by atoms with Crippen LogP contribution in [0.5, 0.6) is 0 Å². The van der Waals surface area contributed by atoms with Crippen molar-refractivity contribution in [2.45, 2.75) is 35.6 Å². The second-order valence-corrected chi connectivity index (χ2v) is 9.42. The molecule has 24 heavy (non-hydrogen) atoms. The lowest BCUT2D eigenvalue weighted by Gasteiger charge is -2.33. The number of amides is 1. The Morgan fingerprint density at radius 1 is 1.50 bits per heavy atom. The summed E-state index contributed by atoms with van der Waals surface area (Å²) in [6.07, 6.45) is 3.89. The third-order valence-corrected chi connectivity index (χ3v) is 7.40. The summed E-state index contributed by atoms with van der Waals surface area (Å²) in [5, 5.41) is 1.74. The molecule has 6 nitrogen and oxygen atoms in total. The smallest absolute Gasteiger partial charge is 0.250 e. The largest absolute Gasteiger partial charge is 0.341 e. The summed E-state index contributed by atoms with van der Waals surface area (Å²) < 4.78 is 27.5. The van der Waals surface area contributed by atoms with Gasteiger partial charge in [-0.25, -0.2) is 13.1 Å². The van der Waals surface area contributed by atoms with Crippen molar-refractivity contribution in [3.63, 3.8) is 0 Å². The molecule has 1 atom stereocenters. The molecule has 1 aromatic rings. The quantitative estimate of drug-likeness (QED) is 0.706. The molecule has 10 heteroatoms. The molecule has 2 rings (SSSR count). The highest BCUT2D eigenvalue weighted by molar-refractivity contribution is 7.98. The standard InChI is InChI=1S/C14H23N3O3S3.ClH/c1-21-10-6-12(15)14(18)17-7-4-11(5-8-17)16-23(19,20)13-3-2-9-22-13;/h2-3,9,11-12,16H,4-8,10,15H2,1H3;1H/t12-;/m0./s1. The van der Waals surface area contributed by atoms with Crippen LogP contribution in [0.3, 0.4) is 0 Å². The van der Waals surface area contributed by atoms with Crippen LogP contribution < -0.4 is 10.5 Å². The molecule has 0 bridgehead atoms. The Bertz CT molecular complexity index is 602. The molecule has 1 aromatic heterocycles. The van der Waals surface area contributed by atoms with Crippen molar-refractivity contribution >= 4 is 51.4 Å². The molecule has 2 heterocycles. The normalized spacial score (nSPS) is 17.3. The molecule has 0 saturated carbocycles. The van der Waals surface area contributed by atoms with E-state index >= 15 is 0 Å². The number of sulfonamides is 1. The van der Waals surface area contributed by atoms with E-state index in [1.54, 1.807) is 34.2 Å². The molecule has 1 aliphatic heterocycles.